The normalized spacial score (nSPS) is 12.2. The fourth-order valence-corrected chi connectivity index (χ4v) is 2.32. The molecule has 1 heterocycles. The van der Waals surface area contributed by atoms with Crippen molar-refractivity contribution in [2.75, 3.05) is 6.54 Å². The molecule has 2 aromatic carbocycles. The average Bonchev–Trinajstić information content (AvgIpc) is 3.00. The Morgan fingerprint density at radius 1 is 1.24 bits per heavy atom. The minimum Gasteiger partial charge on any atom is -0.351 e. The number of H-pyrrole nitrogens is 1. The number of carbonyl (C=O) groups excluding carboxylic acids is 1. The van der Waals surface area contributed by atoms with Crippen molar-refractivity contribution < 1.29 is 4.79 Å². The molecule has 4 nitrogen and oxygen atoms in total. The Morgan fingerprint density at radius 3 is 2.86 bits per heavy atom. The maximum atomic E-state index is 12.2. The van der Waals surface area contributed by atoms with E-state index in [0.29, 0.717) is 12.1 Å². The molecule has 0 saturated carbocycles. The van der Waals surface area contributed by atoms with Crippen LogP contribution in [0.1, 0.15) is 28.8 Å². The highest BCUT2D eigenvalue weighted by Crippen LogP contribution is 2.14. The molecule has 106 valence electrons. The molecule has 0 aliphatic rings. The molecule has 0 aliphatic carbocycles. The molecule has 0 saturated heterocycles. The zero-order valence-electron chi connectivity index (χ0n) is 11.8. The SMILES string of the molecule is C[C@H](CNC(=O)c1ccc2nc[nH]c2c1)c1ccccc1. The van der Waals surface area contributed by atoms with Gasteiger partial charge in [0.05, 0.1) is 17.4 Å². The number of hydrogen-bond donors (Lipinski definition) is 2. The Balaban J connectivity index is 1.66. The first-order valence-corrected chi connectivity index (χ1v) is 7.00. The van der Waals surface area contributed by atoms with Crippen molar-refractivity contribution in [2.24, 2.45) is 0 Å². The molecule has 1 atom stereocenters. The van der Waals surface area contributed by atoms with Crippen LogP contribution in [0.15, 0.2) is 54.9 Å². The molecule has 21 heavy (non-hydrogen) atoms. The average molecular weight is 279 g/mol. The first-order chi connectivity index (χ1) is 10.2. The third-order valence-corrected chi connectivity index (χ3v) is 3.62. The fraction of sp³-hybridized carbons (Fsp3) is 0.176. The molecule has 2 N–H and O–H groups in total. The second kappa shape index (κ2) is 5.79. The Kier molecular flexibility index (Phi) is 3.69. The highest BCUT2D eigenvalue weighted by atomic mass is 16.1. The van der Waals surface area contributed by atoms with Crippen LogP contribution in [0, 0.1) is 0 Å². The monoisotopic (exact) mass is 279 g/mol. The van der Waals surface area contributed by atoms with Gasteiger partial charge in [-0.05, 0) is 29.7 Å². The summed E-state index contributed by atoms with van der Waals surface area (Å²) in [5.41, 5.74) is 3.61. The molecule has 3 aromatic rings. The van der Waals surface area contributed by atoms with Gasteiger partial charge in [-0.25, -0.2) is 4.98 Å². The van der Waals surface area contributed by atoms with Crippen molar-refractivity contribution in [3.05, 3.63) is 66.0 Å². The van der Waals surface area contributed by atoms with Gasteiger partial charge in [0.2, 0.25) is 0 Å². The molecule has 0 fully saturated rings. The number of benzene rings is 2. The summed E-state index contributed by atoms with van der Waals surface area (Å²) < 4.78 is 0. The third-order valence-electron chi connectivity index (χ3n) is 3.62. The van der Waals surface area contributed by atoms with E-state index in [1.807, 2.05) is 30.3 Å². The van der Waals surface area contributed by atoms with E-state index in [1.54, 1.807) is 12.4 Å². The van der Waals surface area contributed by atoms with E-state index in [2.05, 4.69) is 34.3 Å². The predicted octanol–water partition coefficient (Wildman–Crippen LogP) is 3.10. The Hall–Kier alpha value is -2.62. The molecule has 0 radical (unpaired) electrons. The molecular weight excluding hydrogens is 262 g/mol. The number of hydrogen-bond acceptors (Lipinski definition) is 2. The first kappa shape index (κ1) is 13.4. The van der Waals surface area contributed by atoms with E-state index in [9.17, 15) is 4.79 Å². The second-order valence-electron chi connectivity index (χ2n) is 5.16. The van der Waals surface area contributed by atoms with Crippen LogP contribution in [0.5, 0.6) is 0 Å². The van der Waals surface area contributed by atoms with Gasteiger partial charge in [0.1, 0.15) is 0 Å². The van der Waals surface area contributed by atoms with Gasteiger partial charge in [-0.15, -0.1) is 0 Å². The molecular formula is C17H17N3O. The second-order valence-corrected chi connectivity index (χ2v) is 5.16. The highest BCUT2D eigenvalue weighted by Gasteiger charge is 2.10. The topological polar surface area (TPSA) is 57.8 Å². The molecule has 4 heteroatoms. The maximum absolute atomic E-state index is 12.2. The van der Waals surface area contributed by atoms with Crippen LogP contribution < -0.4 is 5.32 Å². The van der Waals surface area contributed by atoms with Crippen molar-refractivity contribution in [1.82, 2.24) is 15.3 Å². The number of aromatic amines is 1. The van der Waals surface area contributed by atoms with Gasteiger partial charge in [-0.1, -0.05) is 37.3 Å². The van der Waals surface area contributed by atoms with Crippen molar-refractivity contribution in [1.29, 1.82) is 0 Å². The summed E-state index contributed by atoms with van der Waals surface area (Å²) >= 11 is 0. The van der Waals surface area contributed by atoms with Gasteiger partial charge in [-0.3, -0.25) is 4.79 Å². The lowest BCUT2D eigenvalue weighted by Crippen LogP contribution is -2.27. The lowest BCUT2D eigenvalue weighted by Gasteiger charge is -2.13. The quantitative estimate of drug-likeness (QED) is 0.771. The van der Waals surface area contributed by atoms with Gasteiger partial charge in [-0.2, -0.15) is 0 Å². The zero-order valence-corrected chi connectivity index (χ0v) is 11.8. The summed E-state index contributed by atoms with van der Waals surface area (Å²) in [7, 11) is 0. The van der Waals surface area contributed by atoms with Crippen LogP contribution in [-0.2, 0) is 0 Å². The van der Waals surface area contributed by atoms with E-state index in [-0.39, 0.29) is 11.8 Å². The largest absolute Gasteiger partial charge is 0.351 e. The summed E-state index contributed by atoms with van der Waals surface area (Å²) in [5.74, 6) is 0.223. The Labute approximate surface area is 123 Å². The number of imidazole rings is 1. The molecule has 0 aliphatic heterocycles. The molecule has 0 bridgehead atoms. The van der Waals surface area contributed by atoms with E-state index in [1.165, 1.54) is 5.56 Å². The van der Waals surface area contributed by atoms with Gasteiger partial charge >= 0.3 is 0 Å². The fourth-order valence-electron chi connectivity index (χ4n) is 2.32. The van der Waals surface area contributed by atoms with Crippen LogP contribution in [0.4, 0.5) is 0 Å². The van der Waals surface area contributed by atoms with Crippen molar-refractivity contribution in [3.63, 3.8) is 0 Å². The van der Waals surface area contributed by atoms with E-state index in [0.717, 1.165) is 11.0 Å². The number of aromatic nitrogens is 2. The smallest absolute Gasteiger partial charge is 0.251 e. The summed E-state index contributed by atoms with van der Waals surface area (Å²) in [6, 6.07) is 15.6. The number of carbonyl (C=O) groups is 1. The standard InChI is InChI=1S/C17H17N3O/c1-12(13-5-3-2-4-6-13)10-18-17(21)14-7-8-15-16(9-14)20-11-19-15/h2-9,11-12H,10H2,1H3,(H,18,21)(H,19,20)/t12-/m1/s1. The number of amides is 1. The van der Waals surface area contributed by atoms with Crippen LogP contribution in [-0.4, -0.2) is 22.4 Å². The van der Waals surface area contributed by atoms with Crippen LogP contribution in [0.3, 0.4) is 0 Å². The van der Waals surface area contributed by atoms with E-state index in [4.69, 9.17) is 0 Å². The van der Waals surface area contributed by atoms with Gasteiger partial charge in [0, 0.05) is 12.1 Å². The Bertz CT molecular complexity index is 749. The van der Waals surface area contributed by atoms with Gasteiger partial charge < -0.3 is 10.3 Å². The van der Waals surface area contributed by atoms with Crippen LogP contribution in [0.25, 0.3) is 11.0 Å². The van der Waals surface area contributed by atoms with Crippen LogP contribution >= 0.6 is 0 Å². The number of nitrogens with one attached hydrogen (secondary N) is 2. The lowest BCUT2D eigenvalue weighted by molar-refractivity contribution is 0.0952. The molecule has 1 aromatic heterocycles. The molecule has 0 unspecified atom stereocenters. The third kappa shape index (κ3) is 2.94. The molecule has 0 spiro atoms. The number of nitrogens with zero attached hydrogens (tertiary/aromatic N) is 1. The maximum Gasteiger partial charge on any atom is 0.251 e. The first-order valence-electron chi connectivity index (χ1n) is 7.00. The number of fused-ring (bicyclic) bond motifs is 1. The summed E-state index contributed by atoms with van der Waals surface area (Å²) in [6.45, 7) is 2.72. The lowest BCUT2D eigenvalue weighted by atomic mass is 10.0. The van der Waals surface area contributed by atoms with Crippen molar-refractivity contribution >= 4 is 16.9 Å². The summed E-state index contributed by atoms with van der Waals surface area (Å²) in [4.78, 5) is 19.4. The van der Waals surface area contributed by atoms with Gasteiger partial charge in [0.25, 0.3) is 5.91 Å². The minimum absolute atomic E-state index is 0.0609. The van der Waals surface area contributed by atoms with Gasteiger partial charge in [0.15, 0.2) is 0 Å². The van der Waals surface area contributed by atoms with Crippen molar-refractivity contribution in [3.8, 4) is 0 Å². The highest BCUT2D eigenvalue weighted by molar-refractivity contribution is 5.97. The summed E-state index contributed by atoms with van der Waals surface area (Å²) in [5, 5.41) is 2.98. The van der Waals surface area contributed by atoms with Crippen LogP contribution in [0.2, 0.25) is 0 Å². The zero-order chi connectivity index (χ0) is 14.7. The molecule has 3 rings (SSSR count). The molecule has 1 amide bonds. The van der Waals surface area contributed by atoms with E-state index < -0.39 is 0 Å². The number of rotatable bonds is 4. The minimum atomic E-state index is -0.0609. The van der Waals surface area contributed by atoms with E-state index >= 15 is 0 Å². The van der Waals surface area contributed by atoms with Crippen molar-refractivity contribution in [2.45, 2.75) is 12.8 Å². The predicted molar refractivity (Wildman–Crippen MR) is 83.3 cm³/mol. The Morgan fingerprint density at radius 2 is 2.05 bits per heavy atom. The summed E-state index contributed by atoms with van der Waals surface area (Å²) in [6.07, 6.45) is 1.63.